The molecule has 0 radical (unpaired) electrons. The van der Waals surface area contributed by atoms with Crippen molar-refractivity contribution in [3.63, 3.8) is 0 Å². The third-order valence-electron chi connectivity index (χ3n) is 3.65. The Hall–Kier alpha value is -1.92. The summed E-state index contributed by atoms with van der Waals surface area (Å²) < 4.78 is 0. The standard InChI is InChI=1S/C15H20N2O4/c1-10(18)16-12-5-2-4-11(8-12)14(19)9-17-7-3-6-13(17)15(20)21/h2,4-5,8,13-14,19H,3,6-7,9H2,1H3,(H,16,18)(H,20,21). The second-order valence-electron chi connectivity index (χ2n) is 5.31. The lowest BCUT2D eigenvalue weighted by molar-refractivity contribution is -0.142. The van der Waals surface area contributed by atoms with Gasteiger partial charge >= 0.3 is 5.97 Å². The fraction of sp³-hybridized carbons (Fsp3) is 0.467. The van der Waals surface area contributed by atoms with Gasteiger partial charge in [0.2, 0.25) is 5.91 Å². The number of anilines is 1. The summed E-state index contributed by atoms with van der Waals surface area (Å²) in [6, 6.07) is 6.45. The normalized spacial score (nSPS) is 20.2. The van der Waals surface area contributed by atoms with E-state index in [1.54, 1.807) is 29.2 Å². The van der Waals surface area contributed by atoms with Crippen molar-refractivity contribution in [2.45, 2.75) is 31.9 Å². The average molecular weight is 292 g/mol. The van der Waals surface area contributed by atoms with Crippen molar-refractivity contribution in [2.24, 2.45) is 0 Å². The topological polar surface area (TPSA) is 89.9 Å². The summed E-state index contributed by atoms with van der Waals surface area (Å²) in [6.07, 6.45) is 0.669. The number of carboxylic acids is 1. The van der Waals surface area contributed by atoms with Gasteiger partial charge in [-0.25, -0.2) is 0 Å². The monoisotopic (exact) mass is 292 g/mol. The highest BCUT2D eigenvalue weighted by atomic mass is 16.4. The minimum absolute atomic E-state index is 0.174. The Labute approximate surface area is 123 Å². The van der Waals surface area contributed by atoms with E-state index in [-0.39, 0.29) is 12.5 Å². The molecule has 0 bridgehead atoms. The number of β-amino-alcohol motifs (C(OH)–C–C–N with tert-alkyl or cyclic N) is 1. The molecule has 1 saturated heterocycles. The van der Waals surface area contributed by atoms with E-state index < -0.39 is 18.1 Å². The predicted octanol–water partition coefficient (Wildman–Crippen LogP) is 1.23. The summed E-state index contributed by atoms with van der Waals surface area (Å²) >= 11 is 0. The molecule has 6 heteroatoms. The van der Waals surface area contributed by atoms with Crippen molar-refractivity contribution in [1.82, 2.24) is 4.90 Å². The van der Waals surface area contributed by atoms with Gasteiger partial charge < -0.3 is 15.5 Å². The molecule has 0 aromatic heterocycles. The van der Waals surface area contributed by atoms with Crippen molar-refractivity contribution in [2.75, 3.05) is 18.4 Å². The molecule has 1 aromatic rings. The lowest BCUT2D eigenvalue weighted by Crippen LogP contribution is -2.38. The van der Waals surface area contributed by atoms with Crippen LogP contribution in [-0.4, -0.2) is 46.1 Å². The minimum atomic E-state index is -0.841. The maximum absolute atomic E-state index is 11.1. The molecule has 2 rings (SSSR count). The van der Waals surface area contributed by atoms with Crippen LogP contribution < -0.4 is 5.32 Å². The lowest BCUT2D eigenvalue weighted by Gasteiger charge is -2.24. The lowest BCUT2D eigenvalue weighted by atomic mass is 10.1. The maximum atomic E-state index is 11.1. The molecule has 0 saturated carbocycles. The van der Waals surface area contributed by atoms with Crippen LogP contribution in [-0.2, 0) is 9.59 Å². The van der Waals surface area contributed by atoms with Crippen molar-refractivity contribution < 1.29 is 19.8 Å². The molecule has 21 heavy (non-hydrogen) atoms. The number of aliphatic carboxylic acids is 1. The molecular weight excluding hydrogens is 272 g/mol. The van der Waals surface area contributed by atoms with Crippen molar-refractivity contribution >= 4 is 17.6 Å². The van der Waals surface area contributed by atoms with Gasteiger partial charge in [0.25, 0.3) is 0 Å². The first-order chi connectivity index (χ1) is 9.97. The molecule has 0 aliphatic carbocycles. The highest BCUT2D eigenvalue weighted by Gasteiger charge is 2.31. The Bertz CT molecular complexity index is 532. The number of likely N-dealkylation sites (tertiary alicyclic amines) is 1. The number of carbonyl (C=O) groups is 2. The van der Waals surface area contributed by atoms with Crippen molar-refractivity contribution in [3.05, 3.63) is 29.8 Å². The molecule has 0 spiro atoms. The van der Waals surface area contributed by atoms with E-state index in [1.807, 2.05) is 0 Å². The molecule has 2 unspecified atom stereocenters. The zero-order chi connectivity index (χ0) is 15.4. The van der Waals surface area contributed by atoms with Crippen LogP contribution in [0.3, 0.4) is 0 Å². The number of rotatable bonds is 5. The fourth-order valence-corrected chi connectivity index (χ4v) is 2.68. The molecule has 2 atom stereocenters. The number of benzene rings is 1. The maximum Gasteiger partial charge on any atom is 0.320 e. The van der Waals surface area contributed by atoms with Crippen LogP contribution in [0.2, 0.25) is 0 Å². The minimum Gasteiger partial charge on any atom is -0.480 e. The predicted molar refractivity (Wildman–Crippen MR) is 77.9 cm³/mol. The number of hydrogen-bond acceptors (Lipinski definition) is 4. The van der Waals surface area contributed by atoms with Crippen molar-refractivity contribution in [3.8, 4) is 0 Å². The van der Waals surface area contributed by atoms with Crippen LogP contribution in [0.25, 0.3) is 0 Å². The molecule has 1 aliphatic rings. The Morgan fingerprint density at radius 3 is 2.90 bits per heavy atom. The van der Waals surface area contributed by atoms with Gasteiger partial charge in [-0.2, -0.15) is 0 Å². The van der Waals surface area contributed by atoms with E-state index in [2.05, 4.69) is 5.32 Å². The van der Waals surface area contributed by atoms with Gasteiger partial charge in [0, 0.05) is 19.2 Å². The summed E-state index contributed by atoms with van der Waals surface area (Å²) in [6.45, 7) is 2.38. The number of carboxylic acid groups (broad SMARTS) is 1. The fourth-order valence-electron chi connectivity index (χ4n) is 2.68. The second kappa shape index (κ2) is 6.69. The van der Waals surface area contributed by atoms with E-state index >= 15 is 0 Å². The van der Waals surface area contributed by atoms with Crippen LogP contribution in [0.4, 0.5) is 5.69 Å². The molecule has 114 valence electrons. The number of carbonyl (C=O) groups excluding carboxylic acids is 1. The van der Waals surface area contributed by atoms with Crippen LogP contribution in [0.15, 0.2) is 24.3 Å². The summed E-state index contributed by atoms with van der Waals surface area (Å²) in [5.74, 6) is -1.01. The van der Waals surface area contributed by atoms with Gasteiger partial charge in [0.15, 0.2) is 0 Å². The first-order valence-electron chi connectivity index (χ1n) is 7.00. The van der Waals surface area contributed by atoms with Crippen LogP contribution in [0.1, 0.15) is 31.4 Å². The van der Waals surface area contributed by atoms with Gasteiger partial charge in [-0.3, -0.25) is 14.5 Å². The number of hydrogen-bond donors (Lipinski definition) is 3. The number of nitrogens with zero attached hydrogens (tertiary/aromatic N) is 1. The highest BCUT2D eigenvalue weighted by molar-refractivity contribution is 5.88. The first kappa shape index (κ1) is 15.5. The van der Waals surface area contributed by atoms with Crippen LogP contribution in [0, 0.1) is 0 Å². The molecule has 1 amide bonds. The Kier molecular flexibility index (Phi) is 4.93. The number of aliphatic hydroxyl groups excluding tert-OH is 1. The summed E-state index contributed by atoms with van der Waals surface area (Å²) in [4.78, 5) is 24.0. The largest absolute Gasteiger partial charge is 0.480 e. The summed E-state index contributed by atoms with van der Waals surface area (Å²) in [5, 5.41) is 22.1. The van der Waals surface area contributed by atoms with Crippen LogP contribution in [0.5, 0.6) is 0 Å². The molecule has 1 heterocycles. The quantitative estimate of drug-likeness (QED) is 0.759. The highest BCUT2D eigenvalue weighted by Crippen LogP contribution is 2.23. The van der Waals surface area contributed by atoms with E-state index in [0.717, 1.165) is 6.42 Å². The van der Waals surface area contributed by atoms with Crippen molar-refractivity contribution in [1.29, 1.82) is 0 Å². The third kappa shape index (κ3) is 4.03. The second-order valence-corrected chi connectivity index (χ2v) is 5.31. The third-order valence-corrected chi connectivity index (χ3v) is 3.65. The molecular formula is C15H20N2O4. The first-order valence-corrected chi connectivity index (χ1v) is 7.00. The van der Waals surface area contributed by atoms with Gasteiger partial charge in [-0.05, 0) is 37.1 Å². The zero-order valence-corrected chi connectivity index (χ0v) is 12.0. The average Bonchev–Trinajstić information content (AvgIpc) is 2.86. The van der Waals surface area contributed by atoms with Gasteiger partial charge in [0.1, 0.15) is 6.04 Å². The summed E-state index contributed by atoms with van der Waals surface area (Å²) in [7, 11) is 0. The molecule has 1 fully saturated rings. The molecule has 6 nitrogen and oxygen atoms in total. The van der Waals surface area contributed by atoms with E-state index in [9.17, 15) is 14.7 Å². The zero-order valence-electron chi connectivity index (χ0n) is 12.0. The number of amides is 1. The summed E-state index contributed by atoms with van der Waals surface area (Å²) in [5.41, 5.74) is 1.28. The Balaban J connectivity index is 2.04. The van der Waals surface area contributed by atoms with E-state index in [0.29, 0.717) is 24.2 Å². The van der Waals surface area contributed by atoms with Gasteiger partial charge in [-0.15, -0.1) is 0 Å². The smallest absolute Gasteiger partial charge is 0.320 e. The number of aliphatic hydroxyl groups is 1. The Morgan fingerprint density at radius 2 is 2.24 bits per heavy atom. The Morgan fingerprint density at radius 1 is 1.48 bits per heavy atom. The SMILES string of the molecule is CC(=O)Nc1cccc(C(O)CN2CCCC2C(=O)O)c1. The van der Waals surface area contributed by atoms with Crippen LogP contribution >= 0.6 is 0 Å². The van der Waals surface area contributed by atoms with E-state index in [4.69, 9.17) is 5.11 Å². The molecule has 1 aromatic carbocycles. The van der Waals surface area contributed by atoms with Gasteiger partial charge in [-0.1, -0.05) is 12.1 Å². The van der Waals surface area contributed by atoms with E-state index in [1.165, 1.54) is 6.92 Å². The number of nitrogens with one attached hydrogen (secondary N) is 1. The van der Waals surface area contributed by atoms with Gasteiger partial charge in [0.05, 0.1) is 6.10 Å². The molecule has 3 N–H and O–H groups in total. The molecule has 1 aliphatic heterocycles.